The third kappa shape index (κ3) is 1.69. The van der Waals surface area contributed by atoms with Crippen molar-refractivity contribution in [2.75, 3.05) is 6.54 Å². The number of hydrogen-bond donors (Lipinski definition) is 0. The molecule has 0 radical (unpaired) electrons. The zero-order chi connectivity index (χ0) is 9.35. The molecule has 0 N–H and O–H groups in total. The third-order valence-electron chi connectivity index (χ3n) is 2.88. The summed E-state index contributed by atoms with van der Waals surface area (Å²) in [5, 5.41) is 0. The molecule has 1 atom stereocenters. The van der Waals surface area contributed by atoms with Gasteiger partial charge in [0.1, 0.15) is 5.78 Å². The van der Waals surface area contributed by atoms with Crippen LogP contribution in [-0.2, 0) is 4.79 Å². The molecular formula is C10H19NO. The Hall–Kier alpha value is -0.370. The molecule has 1 aliphatic heterocycles. The van der Waals surface area contributed by atoms with E-state index in [1.54, 1.807) is 0 Å². The number of carbonyl (C=O) groups is 1. The van der Waals surface area contributed by atoms with Crippen LogP contribution in [0.5, 0.6) is 0 Å². The molecule has 2 nitrogen and oxygen atoms in total. The van der Waals surface area contributed by atoms with Gasteiger partial charge in [-0.15, -0.1) is 0 Å². The number of likely N-dealkylation sites (tertiary alicyclic amines) is 1. The number of hydrogen-bond acceptors (Lipinski definition) is 2. The molecule has 0 aromatic carbocycles. The smallest absolute Gasteiger partial charge is 0.148 e. The minimum absolute atomic E-state index is 0.0898. The summed E-state index contributed by atoms with van der Waals surface area (Å²) in [7, 11) is 0. The Kier molecular flexibility index (Phi) is 2.57. The lowest BCUT2D eigenvalue weighted by molar-refractivity contribution is -0.117. The topological polar surface area (TPSA) is 20.3 Å². The molecule has 70 valence electrons. The summed E-state index contributed by atoms with van der Waals surface area (Å²) < 4.78 is 0. The van der Waals surface area contributed by atoms with Crippen LogP contribution >= 0.6 is 0 Å². The first kappa shape index (κ1) is 9.72. The summed E-state index contributed by atoms with van der Waals surface area (Å²) in [5.41, 5.74) is 0.0898. The lowest BCUT2D eigenvalue weighted by Crippen LogP contribution is -2.43. The number of Topliss-reactive ketones (excluding diaryl/α,β-unsaturated/α-hetero) is 1. The molecule has 1 fully saturated rings. The second kappa shape index (κ2) is 3.17. The van der Waals surface area contributed by atoms with E-state index >= 15 is 0 Å². The van der Waals surface area contributed by atoms with Crippen LogP contribution in [0.3, 0.4) is 0 Å². The Labute approximate surface area is 74.9 Å². The maximum atomic E-state index is 11.2. The molecule has 1 saturated heterocycles. The van der Waals surface area contributed by atoms with E-state index in [-0.39, 0.29) is 5.54 Å². The van der Waals surface area contributed by atoms with Crippen LogP contribution in [0, 0.1) is 0 Å². The molecule has 1 aliphatic rings. The van der Waals surface area contributed by atoms with Gasteiger partial charge in [-0.2, -0.15) is 0 Å². The van der Waals surface area contributed by atoms with Crippen LogP contribution in [-0.4, -0.2) is 28.8 Å². The molecule has 0 saturated carbocycles. The minimum Gasteiger partial charge on any atom is -0.298 e. The molecule has 0 bridgehead atoms. The lowest BCUT2D eigenvalue weighted by atomic mass is 10.00. The van der Waals surface area contributed by atoms with Gasteiger partial charge in [0.25, 0.3) is 0 Å². The van der Waals surface area contributed by atoms with Gasteiger partial charge in [-0.3, -0.25) is 9.69 Å². The highest BCUT2D eigenvalue weighted by Crippen LogP contribution is 2.28. The molecule has 2 heteroatoms. The second-order valence-electron chi connectivity index (χ2n) is 4.41. The molecule has 0 aromatic heterocycles. The first-order valence-electron chi connectivity index (χ1n) is 4.76. The van der Waals surface area contributed by atoms with Gasteiger partial charge >= 0.3 is 0 Å². The van der Waals surface area contributed by atoms with Crippen molar-refractivity contribution in [3.8, 4) is 0 Å². The Morgan fingerprint density at radius 2 is 2.17 bits per heavy atom. The predicted molar refractivity (Wildman–Crippen MR) is 50.2 cm³/mol. The van der Waals surface area contributed by atoms with Crippen molar-refractivity contribution >= 4 is 5.78 Å². The van der Waals surface area contributed by atoms with Crippen LogP contribution in [0.4, 0.5) is 0 Å². The van der Waals surface area contributed by atoms with E-state index in [9.17, 15) is 4.79 Å². The van der Waals surface area contributed by atoms with Crippen LogP contribution in [0.2, 0.25) is 0 Å². The lowest BCUT2D eigenvalue weighted by Gasteiger charge is -2.35. The molecular weight excluding hydrogens is 150 g/mol. The summed E-state index contributed by atoms with van der Waals surface area (Å²) in [4.78, 5) is 13.6. The van der Waals surface area contributed by atoms with Gasteiger partial charge in [0.05, 0.1) is 6.54 Å². The van der Waals surface area contributed by atoms with Crippen molar-refractivity contribution in [1.29, 1.82) is 0 Å². The van der Waals surface area contributed by atoms with E-state index in [4.69, 9.17) is 0 Å². The molecule has 0 amide bonds. The quantitative estimate of drug-likeness (QED) is 0.628. The molecule has 0 spiro atoms. The van der Waals surface area contributed by atoms with Crippen molar-refractivity contribution in [1.82, 2.24) is 4.90 Å². The van der Waals surface area contributed by atoms with Crippen LogP contribution in [0.1, 0.15) is 40.5 Å². The van der Waals surface area contributed by atoms with Gasteiger partial charge in [0.15, 0.2) is 0 Å². The molecule has 12 heavy (non-hydrogen) atoms. The van der Waals surface area contributed by atoms with Gasteiger partial charge in [-0.05, 0) is 27.2 Å². The van der Waals surface area contributed by atoms with E-state index in [2.05, 4.69) is 32.6 Å². The molecule has 1 rings (SSSR count). The summed E-state index contributed by atoms with van der Waals surface area (Å²) in [6.07, 6.45) is 1.84. The zero-order valence-electron chi connectivity index (χ0n) is 8.55. The van der Waals surface area contributed by atoms with Gasteiger partial charge in [0.2, 0.25) is 0 Å². The van der Waals surface area contributed by atoms with Gasteiger partial charge < -0.3 is 0 Å². The number of nitrogens with zero attached hydrogens (tertiary/aromatic N) is 1. The molecule has 0 aromatic rings. The van der Waals surface area contributed by atoms with Crippen LogP contribution < -0.4 is 0 Å². The number of ketones is 1. The normalized spacial score (nSPS) is 26.2. The minimum atomic E-state index is 0.0898. The first-order valence-corrected chi connectivity index (χ1v) is 4.76. The van der Waals surface area contributed by atoms with Gasteiger partial charge in [-0.1, -0.05) is 6.92 Å². The van der Waals surface area contributed by atoms with E-state index in [1.165, 1.54) is 0 Å². The molecule has 1 unspecified atom stereocenters. The Balaban J connectivity index is 2.71. The Morgan fingerprint density at radius 1 is 1.58 bits per heavy atom. The van der Waals surface area contributed by atoms with Gasteiger partial charge in [0, 0.05) is 18.0 Å². The van der Waals surface area contributed by atoms with Crippen molar-refractivity contribution < 1.29 is 4.79 Å². The molecule has 1 heterocycles. The fraction of sp³-hybridized carbons (Fsp3) is 0.900. The Bertz CT molecular complexity index is 186. The highest BCUT2D eigenvalue weighted by atomic mass is 16.1. The van der Waals surface area contributed by atoms with E-state index in [0.717, 1.165) is 12.8 Å². The fourth-order valence-corrected chi connectivity index (χ4v) is 2.02. The maximum absolute atomic E-state index is 11.2. The fourth-order valence-electron chi connectivity index (χ4n) is 2.02. The Morgan fingerprint density at radius 3 is 2.50 bits per heavy atom. The van der Waals surface area contributed by atoms with E-state index < -0.39 is 0 Å². The van der Waals surface area contributed by atoms with Crippen molar-refractivity contribution in [2.24, 2.45) is 0 Å². The third-order valence-corrected chi connectivity index (χ3v) is 2.88. The van der Waals surface area contributed by atoms with Gasteiger partial charge in [-0.25, -0.2) is 0 Å². The molecule has 0 aliphatic carbocycles. The first-order chi connectivity index (χ1) is 5.47. The summed E-state index contributed by atoms with van der Waals surface area (Å²) >= 11 is 0. The van der Waals surface area contributed by atoms with E-state index in [1.807, 2.05) is 0 Å². The number of carbonyl (C=O) groups excluding carboxylic acids is 1. The standard InChI is InChI=1S/C10H19NO/c1-5-8(2)11-7-9(12)6-10(11,3)4/h8H,5-7H2,1-4H3. The summed E-state index contributed by atoms with van der Waals surface area (Å²) in [6, 6.07) is 0.534. The average Bonchev–Trinajstić information content (AvgIpc) is 2.23. The second-order valence-corrected chi connectivity index (χ2v) is 4.41. The van der Waals surface area contributed by atoms with Crippen LogP contribution in [0.25, 0.3) is 0 Å². The predicted octanol–water partition coefficient (Wildman–Crippen LogP) is 1.84. The van der Waals surface area contributed by atoms with Crippen molar-refractivity contribution in [3.05, 3.63) is 0 Å². The summed E-state index contributed by atoms with van der Waals surface area (Å²) in [6.45, 7) is 9.33. The summed E-state index contributed by atoms with van der Waals surface area (Å²) in [5.74, 6) is 0.389. The zero-order valence-corrected chi connectivity index (χ0v) is 8.55. The largest absolute Gasteiger partial charge is 0.298 e. The number of rotatable bonds is 2. The van der Waals surface area contributed by atoms with Crippen molar-refractivity contribution in [3.63, 3.8) is 0 Å². The highest BCUT2D eigenvalue weighted by Gasteiger charge is 2.38. The maximum Gasteiger partial charge on any atom is 0.148 e. The van der Waals surface area contributed by atoms with Crippen molar-refractivity contribution in [2.45, 2.75) is 52.1 Å². The monoisotopic (exact) mass is 169 g/mol. The SMILES string of the molecule is CCC(C)N1CC(=O)CC1(C)C. The van der Waals surface area contributed by atoms with Crippen LogP contribution in [0.15, 0.2) is 0 Å². The highest BCUT2D eigenvalue weighted by molar-refractivity contribution is 5.84. The van der Waals surface area contributed by atoms with E-state index in [0.29, 0.717) is 18.4 Å². The average molecular weight is 169 g/mol.